The molecule has 0 aliphatic heterocycles. The van der Waals surface area contributed by atoms with Gasteiger partial charge in [0.2, 0.25) is 5.79 Å². The molecule has 1 atom stereocenters. The van der Waals surface area contributed by atoms with Crippen molar-refractivity contribution in [1.29, 1.82) is 0 Å². The maximum absolute atomic E-state index is 10.3. The first-order valence-corrected chi connectivity index (χ1v) is 3.07. The molecule has 0 aromatic heterocycles. The number of amides is 1. The maximum Gasteiger partial charge on any atom is 0.407 e. The lowest BCUT2D eigenvalue weighted by molar-refractivity contribution is -0.170. The number of carbonyl (C=O) groups is 1. The Labute approximate surface area is 60.3 Å². The molecule has 0 saturated heterocycles. The van der Waals surface area contributed by atoms with Crippen molar-refractivity contribution in [3.8, 4) is 0 Å². The summed E-state index contributed by atoms with van der Waals surface area (Å²) in [7, 11) is 1.46. The van der Waals surface area contributed by atoms with Crippen molar-refractivity contribution in [2.45, 2.75) is 26.1 Å². The van der Waals surface area contributed by atoms with Crippen LogP contribution in [0.4, 0.5) is 4.79 Å². The van der Waals surface area contributed by atoms with Gasteiger partial charge in [0.25, 0.3) is 0 Å². The first-order chi connectivity index (χ1) is 4.54. The van der Waals surface area contributed by atoms with E-state index in [2.05, 4.69) is 4.74 Å². The van der Waals surface area contributed by atoms with Gasteiger partial charge < -0.3 is 15.2 Å². The van der Waals surface area contributed by atoms with Crippen LogP contribution >= 0.6 is 0 Å². The summed E-state index contributed by atoms with van der Waals surface area (Å²) in [5, 5.41) is 0. The third kappa shape index (κ3) is 2.68. The Morgan fingerprint density at radius 2 is 2.20 bits per heavy atom. The number of nitrogens with two attached hydrogens (primary N) is 1. The molecule has 0 aliphatic rings. The van der Waals surface area contributed by atoms with Crippen molar-refractivity contribution in [2.24, 2.45) is 5.73 Å². The zero-order valence-electron chi connectivity index (χ0n) is 6.51. The highest BCUT2D eigenvalue weighted by Gasteiger charge is 2.24. The molecule has 0 bridgehead atoms. The van der Waals surface area contributed by atoms with Crippen LogP contribution in [-0.4, -0.2) is 19.0 Å². The molecule has 1 unspecified atom stereocenters. The van der Waals surface area contributed by atoms with Crippen molar-refractivity contribution < 1.29 is 14.3 Å². The predicted octanol–water partition coefficient (Wildman–Crippen LogP) is 0.854. The van der Waals surface area contributed by atoms with E-state index < -0.39 is 11.9 Å². The van der Waals surface area contributed by atoms with Gasteiger partial charge in [-0.05, 0) is 0 Å². The van der Waals surface area contributed by atoms with E-state index in [1.807, 2.05) is 6.92 Å². The molecule has 0 saturated carbocycles. The highest BCUT2D eigenvalue weighted by molar-refractivity contribution is 5.65. The lowest BCUT2D eigenvalue weighted by Gasteiger charge is -2.24. The van der Waals surface area contributed by atoms with Gasteiger partial charge in [-0.3, -0.25) is 0 Å². The van der Waals surface area contributed by atoms with Gasteiger partial charge in [-0.2, -0.15) is 0 Å². The summed E-state index contributed by atoms with van der Waals surface area (Å²) in [6, 6.07) is 0. The van der Waals surface area contributed by atoms with E-state index in [1.54, 1.807) is 6.92 Å². The summed E-state index contributed by atoms with van der Waals surface area (Å²) in [4.78, 5) is 10.3. The van der Waals surface area contributed by atoms with Gasteiger partial charge in [-0.25, -0.2) is 4.79 Å². The van der Waals surface area contributed by atoms with Crippen molar-refractivity contribution in [2.75, 3.05) is 7.11 Å². The normalized spacial score (nSPS) is 15.9. The molecule has 4 heteroatoms. The molecule has 2 N–H and O–H groups in total. The van der Waals surface area contributed by atoms with E-state index in [0.29, 0.717) is 6.42 Å². The minimum atomic E-state index is -0.869. The van der Waals surface area contributed by atoms with Gasteiger partial charge in [0.1, 0.15) is 0 Å². The van der Waals surface area contributed by atoms with E-state index in [9.17, 15) is 4.79 Å². The number of hydrogen-bond acceptors (Lipinski definition) is 3. The van der Waals surface area contributed by atoms with Gasteiger partial charge in [-0.1, -0.05) is 6.92 Å². The van der Waals surface area contributed by atoms with Crippen LogP contribution in [0.5, 0.6) is 0 Å². The van der Waals surface area contributed by atoms with Crippen LogP contribution in [-0.2, 0) is 9.47 Å². The Balaban J connectivity index is 3.92. The fraction of sp³-hybridized carbons (Fsp3) is 0.833. The van der Waals surface area contributed by atoms with Gasteiger partial charge in [-0.15, -0.1) is 0 Å². The summed E-state index contributed by atoms with van der Waals surface area (Å²) in [6.07, 6.45) is -0.238. The molecule has 0 fully saturated rings. The summed E-state index contributed by atoms with van der Waals surface area (Å²) >= 11 is 0. The first kappa shape index (κ1) is 9.23. The van der Waals surface area contributed by atoms with Crippen LogP contribution in [0.1, 0.15) is 20.3 Å². The van der Waals surface area contributed by atoms with Gasteiger partial charge in [0, 0.05) is 20.5 Å². The molecule has 0 radical (unpaired) electrons. The average molecular weight is 147 g/mol. The third-order valence-corrected chi connectivity index (χ3v) is 1.39. The topological polar surface area (TPSA) is 61.6 Å². The molecule has 60 valence electrons. The highest BCUT2D eigenvalue weighted by Crippen LogP contribution is 2.14. The van der Waals surface area contributed by atoms with E-state index in [1.165, 1.54) is 7.11 Å². The Kier molecular flexibility index (Phi) is 3.15. The minimum absolute atomic E-state index is 0.576. The second-order valence-corrected chi connectivity index (χ2v) is 2.11. The molecule has 0 aromatic rings. The van der Waals surface area contributed by atoms with Crippen molar-refractivity contribution >= 4 is 6.09 Å². The van der Waals surface area contributed by atoms with E-state index in [-0.39, 0.29) is 0 Å². The summed E-state index contributed by atoms with van der Waals surface area (Å²) in [5.41, 5.74) is 4.79. The Morgan fingerprint density at radius 1 is 1.70 bits per heavy atom. The van der Waals surface area contributed by atoms with Crippen LogP contribution in [0.2, 0.25) is 0 Å². The minimum Gasteiger partial charge on any atom is -0.417 e. The predicted molar refractivity (Wildman–Crippen MR) is 36.4 cm³/mol. The zero-order valence-corrected chi connectivity index (χ0v) is 6.51. The van der Waals surface area contributed by atoms with Gasteiger partial charge in [0.15, 0.2) is 0 Å². The fourth-order valence-electron chi connectivity index (χ4n) is 0.471. The third-order valence-electron chi connectivity index (χ3n) is 1.39. The second kappa shape index (κ2) is 3.41. The average Bonchev–Trinajstić information content (AvgIpc) is 1.87. The van der Waals surface area contributed by atoms with E-state index >= 15 is 0 Å². The largest absolute Gasteiger partial charge is 0.417 e. The summed E-state index contributed by atoms with van der Waals surface area (Å²) < 4.78 is 9.53. The number of methoxy groups -OCH3 is 1. The Bertz CT molecular complexity index is 120. The van der Waals surface area contributed by atoms with Crippen LogP contribution in [0.3, 0.4) is 0 Å². The van der Waals surface area contributed by atoms with Gasteiger partial charge in [0.05, 0.1) is 0 Å². The molecular formula is C6H13NO3. The van der Waals surface area contributed by atoms with Crippen molar-refractivity contribution in [1.82, 2.24) is 0 Å². The Morgan fingerprint density at radius 3 is 2.30 bits per heavy atom. The fourth-order valence-corrected chi connectivity index (χ4v) is 0.471. The standard InChI is InChI=1S/C6H13NO3/c1-4-6(2,9-3)10-5(7)8/h4H2,1-3H3,(H2,7,8). The summed E-state index contributed by atoms with van der Waals surface area (Å²) in [5.74, 6) is -0.869. The molecular weight excluding hydrogens is 134 g/mol. The maximum atomic E-state index is 10.3. The molecule has 0 spiro atoms. The quantitative estimate of drug-likeness (QED) is 0.602. The number of rotatable bonds is 3. The lowest BCUT2D eigenvalue weighted by atomic mass is 10.2. The zero-order chi connectivity index (χ0) is 8.20. The smallest absolute Gasteiger partial charge is 0.407 e. The number of primary amides is 1. The van der Waals surface area contributed by atoms with Crippen LogP contribution in [0.25, 0.3) is 0 Å². The molecule has 0 aliphatic carbocycles. The highest BCUT2D eigenvalue weighted by atomic mass is 16.7. The SMILES string of the molecule is CCC(C)(OC)OC(N)=O. The molecule has 10 heavy (non-hydrogen) atoms. The number of ether oxygens (including phenoxy) is 2. The molecule has 1 amide bonds. The first-order valence-electron chi connectivity index (χ1n) is 3.07. The molecule has 4 nitrogen and oxygen atoms in total. The monoisotopic (exact) mass is 147 g/mol. The summed E-state index contributed by atoms with van der Waals surface area (Å²) in [6.45, 7) is 3.49. The Hall–Kier alpha value is -0.770. The lowest BCUT2D eigenvalue weighted by Crippen LogP contribution is -2.35. The van der Waals surface area contributed by atoms with Crippen LogP contribution in [0.15, 0.2) is 0 Å². The number of carbonyl (C=O) groups excluding carboxylic acids is 1. The van der Waals surface area contributed by atoms with Crippen LogP contribution in [0, 0.1) is 0 Å². The molecule has 0 rings (SSSR count). The molecule has 0 heterocycles. The van der Waals surface area contributed by atoms with Crippen molar-refractivity contribution in [3.63, 3.8) is 0 Å². The van der Waals surface area contributed by atoms with Gasteiger partial charge >= 0.3 is 6.09 Å². The van der Waals surface area contributed by atoms with Crippen LogP contribution < -0.4 is 5.73 Å². The van der Waals surface area contributed by atoms with E-state index in [0.717, 1.165) is 0 Å². The van der Waals surface area contributed by atoms with E-state index in [4.69, 9.17) is 10.5 Å². The molecule has 0 aromatic carbocycles. The second-order valence-electron chi connectivity index (χ2n) is 2.11. The van der Waals surface area contributed by atoms with Crippen molar-refractivity contribution in [3.05, 3.63) is 0 Å². The number of hydrogen-bond donors (Lipinski definition) is 1.